The van der Waals surface area contributed by atoms with Crippen LogP contribution in [0.15, 0.2) is 24.3 Å². The van der Waals surface area contributed by atoms with Gasteiger partial charge in [0.15, 0.2) is 0 Å². The molecule has 0 aliphatic carbocycles. The summed E-state index contributed by atoms with van der Waals surface area (Å²) in [7, 11) is 0. The van der Waals surface area contributed by atoms with Gasteiger partial charge in [-0.1, -0.05) is 19.1 Å². The van der Waals surface area contributed by atoms with Gasteiger partial charge in [-0.3, -0.25) is 0 Å². The maximum atomic E-state index is 12.9. The molecule has 1 heterocycles. The molecule has 0 radical (unpaired) electrons. The summed E-state index contributed by atoms with van der Waals surface area (Å²) in [5.74, 6) is -0.172. The summed E-state index contributed by atoms with van der Waals surface area (Å²) in [5, 5.41) is 3.56. The van der Waals surface area contributed by atoms with E-state index in [0.717, 1.165) is 38.8 Å². The van der Waals surface area contributed by atoms with Gasteiger partial charge in [-0.25, -0.2) is 4.39 Å². The molecule has 1 aliphatic rings. The van der Waals surface area contributed by atoms with Crippen LogP contribution in [0, 0.1) is 5.82 Å². The van der Waals surface area contributed by atoms with Gasteiger partial charge >= 0.3 is 0 Å². The molecule has 100 valence electrons. The molecule has 1 aliphatic heterocycles. The minimum Gasteiger partial charge on any atom is -0.377 e. The second-order valence-electron chi connectivity index (χ2n) is 4.94. The van der Waals surface area contributed by atoms with Crippen LogP contribution in [-0.2, 0) is 11.2 Å². The molecule has 0 spiro atoms. The average Bonchev–Trinajstić information content (AvgIpc) is 2.90. The fourth-order valence-corrected chi connectivity index (χ4v) is 2.46. The van der Waals surface area contributed by atoms with E-state index in [1.54, 1.807) is 0 Å². The molecule has 2 atom stereocenters. The van der Waals surface area contributed by atoms with Crippen LogP contribution in [0.1, 0.15) is 31.7 Å². The Hall–Kier alpha value is -0.930. The smallest absolute Gasteiger partial charge is 0.123 e. The van der Waals surface area contributed by atoms with E-state index in [0.29, 0.717) is 12.1 Å². The third-order valence-electron chi connectivity index (χ3n) is 3.44. The Morgan fingerprint density at radius 3 is 2.78 bits per heavy atom. The standard InChI is InChI=1S/C15H22FNO/c1-2-9-17-14(15-4-3-10-18-15)11-12-5-7-13(16)8-6-12/h5-8,14-15,17H,2-4,9-11H2,1H3. The topological polar surface area (TPSA) is 21.3 Å². The second-order valence-corrected chi connectivity index (χ2v) is 4.94. The van der Waals surface area contributed by atoms with Crippen molar-refractivity contribution in [1.82, 2.24) is 5.32 Å². The molecule has 1 N–H and O–H groups in total. The van der Waals surface area contributed by atoms with E-state index in [4.69, 9.17) is 4.74 Å². The van der Waals surface area contributed by atoms with Crippen LogP contribution < -0.4 is 5.32 Å². The molecule has 0 saturated carbocycles. The van der Waals surface area contributed by atoms with Gasteiger partial charge in [0.2, 0.25) is 0 Å². The Bertz CT molecular complexity index is 346. The highest BCUT2D eigenvalue weighted by molar-refractivity contribution is 5.17. The molecule has 0 bridgehead atoms. The highest BCUT2D eigenvalue weighted by Crippen LogP contribution is 2.19. The first-order valence-electron chi connectivity index (χ1n) is 6.89. The number of halogens is 1. The van der Waals surface area contributed by atoms with E-state index < -0.39 is 0 Å². The van der Waals surface area contributed by atoms with Gasteiger partial charge in [-0.05, 0) is 49.9 Å². The predicted octanol–water partition coefficient (Wildman–Crippen LogP) is 2.92. The first-order chi connectivity index (χ1) is 8.79. The lowest BCUT2D eigenvalue weighted by atomic mass is 9.99. The van der Waals surface area contributed by atoms with Gasteiger partial charge in [-0.15, -0.1) is 0 Å². The third kappa shape index (κ3) is 3.79. The number of ether oxygens (including phenoxy) is 1. The fraction of sp³-hybridized carbons (Fsp3) is 0.600. The van der Waals surface area contributed by atoms with E-state index in [1.165, 1.54) is 17.7 Å². The number of nitrogens with one attached hydrogen (secondary N) is 1. The molecule has 0 aromatic heterocycles. The molecule has 0 amide bonds. The molecule has 2 rings (SSSR count). The molecule has 1 fully saturated rings. The van der Waals surface area contributed by atoms with E-state index >= 15 is 0 Å². The van der Waals surface area contributed by atoms with Gasteiger partial charge in [-0.2, -0.15) is 0 Å². The second kappa shape index (κ2) is 6.86. The number of rotatable bonds is 6. The zero-order chi connectivity index (χ0) is 12.8. The van der Waals surface area contributed by atoms with Crippen LogP contribution in [0.3, 0.4) is 0 Å². The minimum atomic E-state index is -0.172. The predicted molar refractivity (Wildman–Crippen MR) is 71.2 cm³/mol. The number of hydrogen-bond acceptors (Lipinski definition) is 2. The Labute approximate surface area is 109 Å². The van der Waals surface area contributed by atoms with Gasteiger partial charge < -0.3 is 10.1 Å². The molecule has 1 saturated heterocycles. The lowest BCUT2D eigenvalue weighted by Gasteiger charge is -2.24. The molecule has 1 aromatic rings. The van der Waals surface area contributed by atoms with Gasteiger partial charge in [0.25, 0.3) is 0 Å². The van der Waals surface area contributed by atoms with Crippen molar-refractivity contribution in [3.63, 3.8) is 0 Å². The molecule has 2 nitrogen and oxygen atoms in total. The molecule has 3 heteroatoms. The molecule has 2 unspecified atom stereocenters. The molecular weight excluding hydrogens is 229 g/mol. The Morgan fingerprint density at radius 1 is 1.39 bits per heavy atom. The lowest BCUT2D eigenvalue weighted by molar-refractivity contribution is 0.0784. The Kier molecular flexibility index (Phi) is 5.14. The zero-order valence-corrected chi connectivity index (χ0v) is 11.0. The Morgan fingerprint density at radius 2 is 2.17 bits per heavy atom. The SMILES string of the molecule is CCCNC(Cc1ccc(F)cc1)C1CCCO1. The highest BCUT2D eigenvalue weighted by atomic mass is 19.1. The summed E-state index contributed by atoms with van der Waals surface area (Å²) in [5.41, 5.74) is 1.17. The summed E-state index contributed by atoms with van der Waals surface area (Å²) in [6, 6.07) is 7.14. The maximum absolute atomic E-state index is 12.9. The summed E-state index contributed by atoms with van der Waals surface area (Å²) in [6.07, 6.45) is 4.61. The number of benzene rings is 1. The quantitative estimate of drug-likeness (QED) is 0.839. The van der Waals surface area contributed by atoms with E-state index in [2.05, 4.69) is 12.2 Å². The average molecular weight is 251 g/mol. The minimum absolute atomic E-state index is 0.172. The summed E-state index contributed by atoms with van der Waals surface area (Å²) in [4.78, 5) is 0. The molecule has 18 heavy (non-hydrogen) atoms. The fourth-order valence-electron chi connectivity index (χ4n) is 2.46. The van der Waals surface area contributed by atoms with E-state index in [-0.39, 0.29) is 5.82 Å². The van der Waals surface area contributed by atoms with Crippen LogP contribution in [0.25, 0.3) is 0 Å². The van der Waals surface area contributed by atoms with Crippen LogP contribution in [-0.4, -0.2) is 25.3 Å². The molecule has 1 aromatic carbocycles. The lowest BCUT2D eigenvalue weighted by Crippen LogP contribution is -2.41. The zero-order valence-electron chi connectivity index (χ0n) is 11.0. The van der Waals surface area contributed by atoms with Crippen LogP contribution in [0.4, 0.5) is 4.39 Å². The number of hydrogen-bond donors (Lipinski definition) is 1. The van der Waals surface area contributed by atoms with Gasteiger partial charge in [0.1, 0.15) is 5.82 Å². The highest BCUT2D eigenvalue weighted by Gasteiger charge is 2.25. The first kappa shape index (κ1) is 13.5. The summed E-state index contributed by atoms with van der Waals surface area (Å²) >= 11 is 0. The van der Waals surface area contributed by atoms with Crippen molar-refractivity contribution < 1.29 is 9.13 Å². The summed E-state index contributed by atoms with van der Waals surface area (Å²) in [6.45, 7) is 4.04. The van der Waals surface area contributed by atoms with Crippen molar-refractivity contribution in [2.75, 3.05) is 13.2 Å². The monoisotopic (exact) mass is 251 g/mol. The van der Waals surface area contributed by atoms with Crippen molar-refractivity contribution >= 4 is 0 Å². The van der Waals surface area contributed by atoms with Crippen LogP contribution >= 0.6 is 0 Å². The van der Waals surface area contributed by atoms with Gasteiger partial charge in [0.05, 0.1) is 6.10 Å². The van der Waals surface area contributed by atoms with Crippen molar-refractivity contribution in [2.45, 2.75) is 44.8 Å². The Balaban J connectivity index is 1.97. The van der Waals surface area contributed by atoms with E-state index in [1.807, 2.05) is 12.1 Å². The van der Waals surface area contributed by atoms with Crippen LogP contribution in [0.2, 0.25) is 0 Å². The maximum Gasteiger partial charge on any atom is 0.123 e. The van der Waals surface area contributed by atoms with Crippen molar-refractivity contribution in [3.05, 3.63) is 35.6 Å². The normalized spacial score (nSPS) is 21.1. The van der Waals surface area contributed by atoms with Crippen molar-refractivity contribution in [1.29, 1.82) is 0 Å². The van der Waals surface area contributed by atoms with Crippen molar-refractivity contribution in [3.8, 4) is 0 Å². The largest absolute Gasteiger partial charge is 0.377 e. The van der Waals surface area contributed by atoms with Gasteiger partial charge in [0, 0.05) is 12.6 Å². The molecular formula is C15H22FNO. The van der Waals surface area contributed by atoms with E-state index in [9.17, 15) is 4.39 Å². The van der Waals surface area contributed by atoms with Crippen LogP contribution in [0.5, 0.6) is 0 Å². The van der Waals surface area contributed by atoms with Crippen molar-refractivity contribution in [2.24, 2.45) is 0 Å². The summed E-state index contributed by atoms with van der Waals surface area (Å²) < 4.78 is 18.7. The first-order valence-corrected chi connectivity index (χ1v) is 6.89. The third-order valence-corrected chi connectivity index (χ3v) is 3.44.